The summed E-state index contributed by atoms with van der Waals surface area (Å²) in [7, 11) is -3.72. The van der Waals surface area contributed by atoms with Gasteiger partial charge in [0, 0.05) is 38.1 Å². The Morgan fingerprint density at radius 3 is 2.44 bits per heavy atom. The predicted octanol–water partition coefficient (Wildman–Crippen LogP) is 4.53. The third-order valence-electron chi connectivity index (χ3n) is 5.21. The molecule has 0 fully saturated rings. The lowest BCUT2D eigenvalue weighted by Crippen LogP contribution is -2.38. The zero-order valence-corrected chi connectivity index (χ0v) is 22.1. The van der Waals surface area contributed by atoms with Gasteiger partial charge in [0.05, 0.1) is 15.3 Å². The Morgan fingerprint density at radius 2 is 1.81 bits per heavy atom. The molecule has 0 aliphatic heterocycles. The van der Waals surface area contributed by atoms with Crippen LogP contribution in [0.15, 0.2) is 71.2 Å². The van der Waals surface area contributed by atoms with Crippen molar-refractivity contribution in [3.63, 3.8) is 0 Å². The maximum Gasteiger partial charge on any atom is 0.441 e. The Hall–Kier alpha value is -2.99. The van der Waals surface area contributed by atoms with Crippen molar-refractivity contribution in [2.45, 2.75) is 38.3 Å². The van der Waals surface area contributed by atoms with Gasteiger partial charge in [-0.2, -0.15) is 9.19 Å². The van der Waals surface area contributed by atoms with E-state index >= 15 is 0 Å². The van der Waals surface area contributed by atoms with E-state index in [1.54, 1.807) is 23.8 Å². The number of rotatable bonds is 13. The van der Waals surface area contributed by atoms with Gasteiger partial charge in [-0.25, -0.2) is 13.2 Å². The largest absolute Gasteiger partial charge is 0.441 e. The highest BCUT2D eigenvalue weighted by Crippen LogP contribution is 2.19. The standard InChI is InChI=1S/C25H32N4O5S2/c1-20(2)16-29(36(31,32)24-11-9-22(26)10-12-24)14-6-13-28(17-21-7-4-3-5-8-21)25(30)34-33-18-23-15-27-19-35-23/h3-5,7-12,15,19-20H,6,13-14,16-18,26H2,1-2H3. The Bertz CT molecular complexity index is 1170. The topological polar surface area (TPSA) is 115 Å². The minimum Gasteiger partial charge on any atom is -0.399 e. The van der Waals surface area contributed by atoms with Crippen molar-refractivity contribution < 1.29 is 23.0 Å². The Kier molecular flexibility index (Phi) is 10.2. The molecule has 3 rings (SSSR count). The maximum atomic E-state index is 13.3. The van der Waals surface area contributed by atoms with Crippen molar-refractivity contribution in [2.75, 3.05) is 25.4 Å². The molecule has 1 heterocycles. The van der Waals surface area contributed by atoms with Crippen LogP contribution in [-0.4, -0.2) is 48.3 Å². The lowest BCUT2D eigenvalue weighted by Gasteiger charge is -2.26. The van der Waals surface area contributed by atoms with Crippen molar-refractivity contribution in [3.05, 3.63) is 76.7 Å². The molecule has 0 radical (unpaired) electrons. The van der Waals surface area contributed by atoms with Gasteiger partial charge in [0.15, 0.2) is 0 Å². The first kappa shape index (κ1) is 27.6. The van der Waals surface area contributed by atoms with E-state index in [1.165, 1.54) is 32.7 Å². The van der Waals surface area contributed by atoms with E-state index in [0.29, 0.717) is 25.2 Å². The van der Waals surface area contributed by atoms with Crippen LogP contribution in [0.1, 0.15) is 30.7 Å². The molecule has 2 aromatic carbocycles. The van der Waals surface area contributed by atoms with Crippen LogP contribution < -0.4 is 5.73 Å². The Labute approximate surface area is 216 Å². The molecule has 0 spiro atoms. The SMILES string of the molecule is CC(C)CN(CCCN(Cc1ccccc1)C(=O)OOCc1cncs1)S(=O)(=O)c1ccc(N)cc1. The number of hydrogen-bond donors (Lipinski definition) is 1. The second-order valence-corrected chi connectivity index (χ2v) is 11.6. The molecular formula is C25H32N4O5S2. The summed E-state index contributed by atoms with van der Waals surface area (Å²) in [6, 6.07) is 15.7. The van der Waals surface area contributed by atoms with E-state index in [-0.39, 0.29) is 30.5 Å². The zero-order valence-electron chi connectivity index (χ0n) is 20.4. The molecule has 11 heteroatoms. The van der Waals surface area contributed by atoms with Crippen molar-refractivity contribution in [1.29, 1.82) is 0 Å². The Morgan fingerprint density at radius 1 is 1.08 bits per heavy atom. The molecule has 1 aromatic heterocycles. The number of anilines is 1. The minimum absolute atomic E-state index is 0.109. The highest BCUT2D eigenvalue weighted by molar-refractivity contribution is 7.89. The molecule has 0 unspecified atom stereocenters. The third-order valence-corrected chi connectivity index (χ3v) is 7.84. The van der Waals surface area contributed by atoms with Gasteiger partial charge in [-0.3, -0.25) is 9.87 Å². The number of aromatic nitrogens is 1. The fourth-order valence-electron chi connectivity index (χ4n) is 3.49. The lowest BCUT2D eigenvalue weighted by molar-refractivity contribution is -0.255. The quantitative estimate of drug-likeness (QED) is 0.195. The molecule has 0 bridgehead atoms. The monoisotopic (exact) mass is 532 g/mol. The second kappa shape index (κ2) is 13.4. The van der Waals surface area contributed by atoms with E-state index in [4.69, 9.17) is 15.5 Å². The number of hydrogen-bond acceptors (Lipinski definition) is 8. The van der Waals surface area contributed by atoms with Gasteiger partial charge in [-0.15, -0.1) is 11.3 Å². The molecule has 0 aliphatic rings. The van der Waals surface area contributed by atoms with Gasteiger partial charge >= 0.3 is 6.09 Å². The molecular weight excluding hydrogens is 500 g/mol. The predicted molar refractivity (Wildman–Crippen MR) is 139 cm³/mol. The summed E-state index contributed by atoms with van der Waals surface area (Å²) in [6.45, 7) is 5.22. The van der Waals surface area contributed by atoms with E-state index in [9.17, 15) is 13.2 Å². The number of amides is 1. The molecule has 1 amide bonds. The summed E-state index contributed by atoms with van der Waals surface area (Å²) in [5.74, 6) is 0.124. The average Bonchev–Trinajstić information content (AvgIpc) is 3.37. The van der Waals surface area contributed by atoms with Gasteiger partial charge in [0.1, 0.15) is 6.61 Å². The third kappa shape index (κ3) is 8.30. The van der Waals surface area contributed by atoms with E-state index < -0.39 is 16.1 Å². The van der Waals surface area contributed by atoms with Crippen LogP contribution >= 0.6 is 11.3 Å². The molecule has 0 atom stereocenters. The van der Waals surface area contributed by atoms with Gasteiger partial charge in [-0.05, 0) is 42.2 Å². The molecule has 36 heavy (non-hydrogen) atoms. The first-order valence-corrected chi connectivity index (χ1v) is 13.9. The van der Waals surface area contributed by atoms with E-state index in [1.807, 2.05) is 44.2 Å². The van der Waals surface area contributed by atoms with E-state index in [0.717, 1.165) is 10.4 Å². The summed E-state index contributed by atoms with van der Waals surface area (Å²) < 4.78 is 28.0. The highest BCUT2D eigenvalue weighted by Gasteiger charge is 2.26. The number of nitrogens with zero attached hydrogens (tertiary/aromatic N) is 3. The van der Waals surface area contributed by atoms with Crippen molar-refractivity contribution >= 4 is 33.1 Å². The minimum atomic E-state index is -3.72. The summed E-state index contributed by atoms with van der Waals surface area (Å²) >= 11 is 1.40. The summed E-state index contributed by atoms with van der Waals surface area (Å²) in [5, 5.41) is 0. The summed E-state index contributed by atoms with van der Waals surface area (Å²) in [6.07, 6.45) is 1.42. The summed E-state index contributed by atoms with van der Waals surface area (Å²) in [4.78, 5) is 29.5. The van der Waals surface area contributed by atoms with Crippen LogP contribution in [0.3, 0.4) is 0 Å². The first-order valence-electron chi connectivity index (χ1n) is 11.6. The molecule has 2 N–H and O–H groups in total. The van der Waals surface area contributed by atoms with Gasteiger partial charge in [0.2, 0.25) is 10.0 Å². The molecule has 0 saturated carbocycles. The van der Waals surface area contributed by atoms with Gasteiger partial charge in [-0.1, -0.05) is 44.2 Å². The normalized spacial score (nSPS) is 11.7. The van der Waals surface area contributed by atoms with Crippen LogP contribution in [0.4, 0.5) is 10.5 Å². The molecule has 0 aliphatic carbocycles. The lowest BCUT2D eigenvalue weighted by atomic mass is 10.2. The Balaban J connectivity index is 1.66. The van der Waals surface area contributed by atoms with Crippen molar-refractivity contribution in [3.8, 4) is 0 Å². The fraction of sp³-hybridized carbons (Fsp3) is 0.360. The first-order chi connectivity index (χ1) is 17.3. The van der Waals surface area contributed by atoms with Gasteiger partial charge < -0.3 is 10.6 Å². The van der Waals surface area contributed by atoms with Crippen molar-refractivity contribution in [1.82, 2.24) is 14.2 Å². The van der Waals surface area contributed by atoms with Crippen molar-refractivity contribution in [2.24, 2.45) is 5.92 Å². The van der Waals surface area contributed by atoms with Crippen LogP contribution in [-0.2, 0) is 33.0 Å². The fourth-order valence-corrected chi connectivity index (χ4v) is 5.62. The van der Waals surface area contributed by atoms with Gasteiger partial charge in [0.25, 0.3) is 0 Å². The second-order valence-electron chi connectivity index (χ2n) is 8.67. The van der Waals surface area contributed by atoms with Crippen LogP contribution in [0.5, 0.6) is 0 Å². The van der Waals surface area contributed by atoms with Crippen LogP contribution in [0.2, 0.25) is 0 Å². The number of sulfonamides is 1. The zero-order chi connectivity index (χ0) is 26.0. The number of carbonyl (C=O) groups excluding carboxylic acids is 1. The molecule has 0 saturated heterocycles. The number of nitrogens with two attached hydrogens (primary N) is 1. The number of benzene rings is 2. The summed E-state index contributed by atoms with van der Waals surface area (Å²) in [5.41, 5.74) is 8.81. The smallest absolute Gasteiger partial charge is 0.399 e. The average molecular weight is 533 g/mol. The number of carbonyl (C=O) groups is 1. The maximum absolute atomic E-state index is 13.3. The van der Waals surface area contributed by atoms with Crippen LogP contribution in [0, 0.1) is 5.92 Å². The number of thiazole rings is 1. The van der Waals surface area contributed by atoms with E-state index in [2.05, 4.69) is 4.98 Å². The molecule has 3 aromatic rings. The molecule has 194 valence electrons. The number of nitrogen functional groups attached to an aromatic ring is 1. The molecule has 9 nitrogen and oxygen atoms in total. The highest BCUT2D eigenvalue weighted by atomic mass is 32.2. The van der Waals surface area contributed by atoms with Crippen LogP contribution in [0.25, 0.3) is 0 Å².